The highest BCUT2D eigenvalue weighted by atomic mass is 16.2. The van der Waals surface area contributed by atoms with E-state index in [-0.39, 0.29) is 19.0 Å². The van der Waals surface area contributed by atoms with E-state index < -0.39 is 22.8 Å². The average molecular weight is 269 g/mol. The molecule has 1 fully saturated rings. The molecule has 6 nitrogen and oxygen atoms in total. The Morgan fingerprint density at radius 3 is 2.32 bits per heavy atom. The van der Waals surface area contributed by atoms with Crippen LogP contribution in [0.3, 0.4) is 0 Å². The van der Waals surface area contributed by atoms with Crippen LogP contribution in [0.1, 0.15) is 40.5 Å². The van der Waals surface area contributed by atoms with E-state index in [2.05, 4.69) is 5.32 Å². The van der Waals surface area contributed by atoms with Crippen molar-refractivity contribution in [3.63, 3.8) is 0 Å². The lowest BCUT2D eigenvalue weighted by atomic mass is 9.79. The number of nitrogens with one attached hydrogen (secondary N) is 1. The zero-order chi connectivity index (χ0) is 14.8. The van der Waals surface area contributed by atoms with Crippen LogP contribution >= 0.6 is 0 Å². The summed E-state index contributed by atoms with van der Waals surface area (Å²) in [6, 6.07) is 0. The van der Waals surface area contributed by atoms with Crippen LogP contribution in [0.4, 0.5) is 0 Å². The lowest BCUT2D eigenvalue weighted by molar-refractivity contribution is -0.161. The molecule has 0 aromatic rings. The van der Waals surface area contributed by atoms with E-state index in [1.165, 1.54) is 4.90 Å². The van der Waals surface area contributed by atoms with Crippen molar-refractivity contribution in [2.75, 3.05) is 13.1 Å². The van der Waals surface area contributed by atoms with Crippen LogP contribution in [0.15, 0.2) is 0 Å². The second-order valence-electron chi connectivity index (χ2n) is 5.52. The SMILES string of the molecule is CCC(CC)(CN)C(=O)N1CC(=O)NC(=O)C1(C)C. The van der Waals surface area contributed by atoms with Crippen LogP contribution in [0.25, 0.3) is 0 Å². The Kier molecular flexibility index (Phi) is 4.35. The maximum Gasteiger partial charge on any atom is 0.252 e. The lowest BCUT2D eigenvalue weighted by Gasteiger charge is -2.44. The topological polar surface area (TPSA) is 92.5 Å². The summed E-state index contributed by atoms with van der Waals surface area (Å²) in [5.74, 6) is -1.11. The Balaban J connectivity index is 3.15. The standard InChI is InChI=1S/C13H23N3O3/c1-5-13(6-2,8-14)11(19)16-7-9(17)15-10(18)12(16,3)4/h5-8,14H2,1-4H3,(H,15,17,18). The summed E-state index contributed by atoms with van der Waals surface area (Å²) in [6.07, 6.45) is 1.17. The van der Waals surface area contributed by atoms with E-state index >= 15 is 0 Å². The quantitative estimate of drug-likeness (QED) is 0.703. The van der Waals surface area contributed by atoms with Gasteiger partial charge >= 0.3 is 0 Å². The Labute approximate surface area is 113 Å². The molecule has 1 aliphatic heterocycles. The summed E-state index contributed by atoms with van der Waals surface area (Å²) in [5, 5.41) is 2.26. The Hall–Kier alpha value is -1.43. The summed E-state index contributed by atoms with van der Waals surface area (Å²) in [7, 11) is 0. The van der Waals surface area contributed by atoms with Crippen molar-refractivity contribution in [1.82, 2.24) is 10.2 Å². The molecule has 3 N–H and O–H groups in total. The number of nitrogens with two attached hydrogens (primary N) is 1. The van der Waals surface area contributed by atoms with Crippen LogP contribution in [-0.4, -0.2) is 41.2 Å². The highest BCUT2D eigenvalue weighted by molar-refractivity contribution is 6.06. The number of carbonyl (C=O) groups is 3. The van der Waals surface area contributed by atoms with E-state index in [0.29, 0.717) is 12.8 Å². The van der Waals surface area contributed by atoms with Gasteiger partial charge in [-0.25, -0.2) is 0 Å². The molecular weight excluding hydrogens is 246 g/mol. The fourth-order valence-corrected chi connectivity index (χ4v) is 2.32. The van der Waals surface area contributed by atoms with Crippen LogP contribution < -0.4 is 11.1 Å². The first-order valence-electron chi connectivity index (χ1n) is 6.61. The summed E-state index contributed by atoms with van der Waals surface area (Å²) >= 11 is 0. The van der Waals surface area contributed by atoms with Gasteiger partial charge in [0.2, 0.25) is 11.8 Å². The number of amides is 3. The highest BCUT2D eigenvalue weighted by Crippen LogP contribution is 2.31. The molecule has 1 aliphatic rings. The third-order valence-electron chi connectivity index (χ3n) is 4.23. The fraction of sp³-hybridized carbons (Fsp3) is 0.769. The van der Waals surface area contributed by atoms with E-state index in [1.807, 2.05) is 13.8 Å². The summed E-state index contributed by atoms with van der Waals surface area (Å²) in [6.45, 7) is 7.18. The minimum absolute atomic E-state index is 0.0979. The van der Waals surface area contributed by atoms with Gasteiger partial charge in [-0.05, 0) is 26.7 Å². The molecule has 1 rings (SSSR count). The van der Waals surface area contributed by atoms with Gasteiger partial charge < -0.3 is 10.6 Å². The van der Waals surface area contributed by atoms with Crippen molar-refractivity contribution in [2.45, 2.75) is 46.1 Å². The number of carbonyl (C=O) groups excluding carboxylic acids is 3. The lowest BCUT2D eigenvalue weighted by Crippen LogP contribution is -2.68. The van der Waals surface area contributed by atoms with Gasteiger partial charge in [0.1, 0.15) is 12.1 Å². The van der Waals surface area contributed by atoms with E-state index in [4.69, 9.17) is 5.73 Å². The minimum atomic E-state index is -1.03. The maximum atomic E-state index is 12.7. The third kappa shape index (κ3) is 2.49. The van der Waals surface area contributed by atoms with Gasteiger partial charge in [-0.3, -0.25) is 19.7 Å². The van der Waals surface area contributed by atoms with Crippen molar-refractivity contribution in [1.29, 1.82) is 0 Å². The van der Waals surface area contributed by atoms with E-state index in [0.717, 1.165) is 0 Å². The molecular formula is C13H23N3O3. The van der Waals surface area contributed by atoms with Crippen LogP contribution in [0, 0.1) is 5.41 Å². The summed E-state index contributed by atoms with van der Waals surface area (Å²) < 4.78 is 0. The monoisotopic (exact) mass is 269 g/mol. The first-order valence-corrected chi connectivity index (χ1v) is 6.61. The molecule has 6 heteroatoms. The van der Waals surface area contributed by atoms with Crippen molar-refractivity contribution in [2.24, 2.45) is 11.1 Å². The molecule has 1 saturated heterocycles. The second-order valence-corrected chi connectivity index (χ2v) is 5.52. The average Bonchev–Trinajstić information content (AvgIpc) is 2.36. The molecule has 0 atom stereocenters. The highest BCUT2D eigenvalue weighted by Gasteiger charge is 2.48. The molecule has 0 aromatic heterocycles. The Morgan fingerprint density at radius 1 is 1.37 bits per heavy atom. The van der Waals surface area contributed by atoms with Crippen molar-refractivity contribution >= 4 is 17.7 Å². The van der Waals surface area contributed by atoms with Crippen LogP contribution in [-0.2, 0) is 14.4 Å². The van der Waals surface area contributed by atoms with Gasteiger partial charge in [-0.2, -0.15) is 0 Å². The molecule has 0 saturated carbocycles. The summed E-state index contributed by atoms with van der Waals surface area (Å²) in [4.78, 5) is 37.5. The van der Waals surface area contributed by atoms with Crippen molar-refractivity contribution in [3.05, 3.63) is 0 Å². The normalized spacial score (nSPS) is 19.3. The smallest absolute Gasteiger partial charge is 0.252 e. The molecule has 3 amide bonds. The number of nitrogens with zero attached hydrogens (tertiary/aromatic N) is 1. The molecule has 0 spiro atoms. The van der Waals surface area contributed by atoms with Gasteiger partial charge in [0, 0.05) is 6.54 Å². The molecule has 0 aromatic carbocycles. The van der Waals surface area contributed by atoms with Gasteiger partial charge in [0.05, 0.1) is 5.41 Å². The predicted molar refractivity (Wildman–Crippen MR) is 71.0 cm³/mol. The molecule has 0 aliphatic carbocycles. The zero-order valence-electron chi connectivity index (χ0n) is 12.1. The van der Waals surface area contributed by atoms with Gasteiger partial charge in [0.25, 0.3) is 5.91 Å². The molecule has 108 valence electrons. The van der Waals surface area contributed by atoms with Crippen LogP contribution in [0.5, 0.6) is 0 Å². The van der Waals surface area contributed by atoms with Crippen molar-refractivity contribution in [3.8, 4) is 0 Å². The largest absolute Gasteiger partial charge is 0.329 e. The predicted octanol–water partition coefficient (Wildman–Crippen LogP) is 0.0151. The molecule has 0 radical (unpaired) electrons. The minimum Gasteiger partial charge on any atom is -0.329 e. The molecule has 1 heterocycles. The fourth-order valence-electron chi connectivity index (χ4n) is 2.32. The van der Waals surface area contributed by atoms with E-state index in [1.54, 1.807) is 13.8 Å². The second kappa shape index (κ2) is 5.28. The number of imide groups is 1. The van der Waals surface area contributed by atoms with Gasteiger partial charge in [-0.15, -0.1) is 0 Å². The van der Waals surface area contributed by atoms with E-state index in [9.17, 15) is 14.4 Å². The van der Waals surface area contributed by atoms with Gasteiger partial charge in [-0.1, -0.05) is 13.8 Å². The maximum absolute atomic E-state index is 12.7. The molecule has 19 heavy (non-hydrogen) atoms. The summed E-state index contributed by atoms with van der Waals surface area (Å²) in [5.41, 5.74) is 4.03. The molecule has 0 unspecified atom stereocenters. The van der Waals surface area contributed by atoms with Crippen LogP contribution in [0.2, 0.25) is 0 Å². The first-order chi connectivity index (χ1) is 8.75. The zero-order valence-corrected chi connectivity index (χ0v) is 12.1. The molecule has 0 bridgehead atoms. The number of hydrogen-bond acceptors (Lipinski definition) is 4. The number of hydrogen-bond donors (Lipinski definition) is 2. The Morgan fingerprint density at radius 2 is 1.89 bits per heavy atom. The number of piperazine rings is 1. The number of rotatable bonds is 4. The first kappa shape index (κ1) is 15.6. The van der Waals surface area contributed by atoms with Crippen molar-refractivity contribution < 1.29 is 14.4 Å². The third-order valence-corrected chi connectivity index (χ3v) is 4.23. The van der Waals surface area contributed by atoms with Gasteiger partial charge in [0.15, 0.2) is 0 Å². The Bertz CT molecular complexity index is 392.